The molecule has 2 aromatic heterocycles. The molecular formula is C14H14N4. The summed E-state index contributed by atoms with van der Waals surface area (Å²) in [6.07, 6.45) is 3.60. The van der Waals surface area contributed by atoms with E-state index in [1.54, 1.807) is 6.20 Å². The van der Waals surface area contributed by atoms with Gasteiger partial charge in [0.15, 0.2) is 5.82 Å². The Morgan fingerprint density at radius 2 is 2.00 bits per heavy atom. The van der Waals surface area contributed by atoms with Crippen LogP contribution in [0.4, 0.5) is 0 Å². The second kappa shape index (κ2) is 4.23. The first-order valence-corrected chi connectivity index (χ1v) is 5.91. The molecule has 1 atom stereocenters. The fourth-order valence-electron chi connectivity index (χ4n) is 2.08. The van der Waals surface area contributed by atoms with Crippen molar-refractivity contribution in [3.05, 3.63) is 54.4 Å². The summed E-state index contributed by atoms with van der Waals surface area (Å²) in [5.74, 6) is 0.800. The molecule has 4 nitrogen and oxygen atoms in total. The van der Waals surface area contributed by atoms with Gasteiger partial charge in [-0.15, -0.1) is 0 Å². The smallest absolute Gasteiger partial charge is 0.158 e. The molecule has 0 aliphatic heterocycles. The summed E-state index contributed by atoms with van der Waals surface area (Å²) in [5.41, 5.74) is 8.02. The molecule has 0 unspecified atom stereocenters. The maximum absolute atomic E-state index is 5.98. The number of para-hydroxylation sites is 1. The van der Waals surface area contributed by atoms with Crippen molar-refractivity contribution >= 4 is 10.9 Å². The number of fused-ring (bicyclic) bond motifs is 1. The van der Waals surface area contributed by atoms with Gasteiger partial charge >= 0.3 is 0 Å². The van der Waals surface area contributed by atoms with Crippen LogP contribution in [0.15, 0.2) is 48.8 Å². The largest absolute Gasteiger partial charge is 0.324 e. The molecule has 1 aromatic carbocycles. The van der Waals surface area contributed by atoms with Gasteiger partial charge in [-0.05, 0) is 19.1 Å². The van der Waals surface area contributed by atoms with E-state index >= 15 is 0 Å². The van der Waals surface area contributed by atoms with Gasteiger partial charge in [0.25, 0.3) is 0 Å². The summed E-state index contributed by atoms with van der Waals surface area (Å²) in [5, 5.41) is 5.50. The zero-order valence-corrected chi connectivity index (χ0v) is 10.1. The molecule has 3 rings (SSSR count). The number of hydrogen-bond donors (Lipinski definition) is 1. The van der Waals surface area contributed by atoms with Crippen LogP contribution in [-0.4, -0.2) is 14.8 Å². The van der Waals surface area contributed by atoms with Gasteiger partial charge in [-0.1, -0.05) is 24.3 Å². The normalized spacial score (nSPS) is 12.8. The molecule has 2 N–H and O–H groups in total. The third-order valence-electron chi connectivity index (χ3n) is 2.99. The van der Waals surface area contributed by atoms with Crippen LogP contribution in [0.2, 0.25) is 0 Å². The first-order valence-electron chi connectivity index (χ1n) is 5.91. The Labute approximate surface area is 105 Å². The van der Waals surface area contributed by atoms with E-state index in [1.165, 1.54) is 0 Å². The lowest BCUT2D eigenvalue weighted by Crippen LogP contribution is -2.11. The first kappa shape index (κ1) is 10.9. The third-order valence-corrected chi connectivity index (χ3v) is 2.99. The Bertz CT molecular complexity index is 685. The van der Waals surface area contributed by atoms with E-state index in [0.717, 1.165) is 22.3 Å². The van der Waals surface area contributed by atoms with E-state index in [2.05, 4.69) is 10.1 Å². The van der Waals surface area contributed by atoms with Crippen LogP contribution >= 0.6 is 0 Å². The Morgan fingerprint density at radius 3 is 2.83 bits per heavy atom. The molecule has 4 heteroatoms. The number of hydrogen-bond acceptors (Lipinski definition) is 3. The van der Waals surface area contributed by atoms with Crippen LogP contribution in [-0.2, 0) is 0 Å². The molecule has 90 valence electrons. The standard InChI is InChI=1S/C14H14N4/c1-10(15)12-6-4-8-16-14(12)18-13-7-3-2-5-11(13)9-17-18/h2-10H,15H2,1H3/t10-/m0/s1. The number of pyridine rings is 1. The van der Waals surface area contributed by atoms with Crippen molar-refractivity contribution in [2.24, 2.45) is 5.73 Å². The van der Waals surface area contributed by atoms with Crippen LogP contribution in [0.1, 0.15) is 18.5 Å². The summed E-state index contributed by atoms with van der Waals surface area (Å²) in [6, 6.07) is 11.9. The third kappa shape index (κ3) is 1.67. The molecule has 0 bridgehead atoms. The van der Waals surface area contributed by atoms with Crippen molar-refractivity contribution in [3.63, 3.8) is 0 Å². The Hall–Kier alpha value is -2.20. The number of benzene rings is 1. The highest BCUT2D eigenvalue weighted by atomic mass is 15.3. The number of aromatic nitrogens is 3. The summed E-state index contributed by atoms with van der Waals surface area (Å²) in [4.78, 5) is 4.41. The van der Waals surface area contributed by atoms with Gasteiger partial charge in [0.2, 0.25) is 0 Å². The van der Waals surface area contributed by atoms with E-state index < -0.39 is 0 Å². The lowest BCUT2D eigenvalue weighted by molar-refractivity contribution is 0.771. The quantitative estimate of drug-likeness (QED) is 0.746. The van der Waals surface area contributed by atoms with E-state index in [9.17, 15) is 0 Å². The van der Waals surface area contributed by atoms with Crippen molar-refractivity contribution in [3.8, 4) is 5.82 Å². The minimum Gasteiger partial charge on any atom is -0.324 e. The van der Waals surface area contributed by atoms with Gasteiger partial charge in [-0.3, -0.25) is 0 Å². The highest BCUT2D eigenvalue weighted by molar-refractivity contribution is 5.80. The minimum atomic E-state index is -0.0725. The lowest BCUT2D eigenvalue weighted by Gasteiger charge is -2.11. The van der Waals surface area contributed by atoms with Crippen LogP contribution < -0.4 is 5.73 Å². The average Bonchev–Trinajstić information content (AvgIpc) is 2.82. The van der Waals surface area contributed by atoms with Crippen LogP contribution in [0.5, 0.6) is 0 Å². The van der Waals surface area contributed by atoms with Crippen molar-refractivity contribution in [1.29, 1.82) is 0 Å². The molecule has 0 aliphatic carbocycles. The molecular weight excluding hydrogens is 224 g/mol. The molecule has 0 radical (unpaired) electrons. The van der Waals surface area contributed by atoms with Crippen LogP contribution in [0.3, 0.4) is 0 Å². The Kier molecular flexibility index (Phi) is 2.57. The van der Waals surface area contributed by atoms with Crippen molar-refractivity contribution in [1.82, 2.24) is 14.8 Å². The van der Waals surface area contributed by atoms with Crippen LogP contribution in [0.25, 0.3) is 16.7 Å². The molecule has 3 aromatic rings. The zero-order valence-electron chi connectivity index (χ0n) is 10.1. The summed E-state index contributed by atoms with van der Waals surface area (Å²) >= 11 is 0. The topological polar surface area (TPSA) is 56.7 Å². The van der Waals surface area contributed by atoms with Gasteiger partial charge in [-0.2, -0.15) is 5.10 Å². The summed E-state index contributed by atoms with van der Waals surface area (Å²) < 4.78 is 1.84. The highest BCUT2D eigenvalue weighted by Crippen LogP contribution is 2.21. The average molecular weight is 238 g/mol. The molecule has 0 saturated heterocycles. The summed E-state index contributed by atoms with van der Waals surface area (Å²) in [6.45, 7) is 1.95. The molecule has 0 fully saturated rings. The summed E-state index contributed by atoms with van der Waals surface area (Å²) in [7, 11) is 0. The monoisotopic (exact) mass is 238 g/mol. The first-order chi connectivity index (χ1) is 8.77. The predicted molar refractivity (Wildman–Crippen MR) is 71.5 cm³/mol. The van der Waals surface area contributed by atoms with Crippen molar-refractivity contribution < 1.29 is 0 Å². The molecule has 0 saturated carbocycles. The van der Waals surface area contributed by atoms with Crippen molar-refractivity contribution in [2.45, 2.75) is 13.0 Å². The lowest BCUT2D eigenvalue weighted by atomic mass is 10.1. The predicted octanol–water partition coefficient (Wildman–Crippen LogP) is 2.44. The Balaban J connectivity index is 2.27. The van der Waals surface area contributed by atoms with Gasteiger partial charge in [0, 0.05) is 23.2 Å². The van der Waals surface area contributed by atoms with Gasteiger partial charge in [0.05, 0.1) is 11.7 Å². The van der Waals surface area contributed by atoms with Gasteiger partial charge in [-0.25, -0.2) is 9.67 Å². The van der Waals surface area contributed by atoms with Crippen molar-refractivity contribution in [2.75, 3.05) is 0 Å². The Morgan fingerprint density at radius 1 is 1.17 bits per heavy atom. The van der Waals surface area contributed by atoms with E-state index in [0.29, 0.717) is 0 Å². The highest BCUT2D eigenvalue weighted by Gasteiger charge is 2.12. The van der Waals surface area contributed by atoms with Gasteiger partial charge in [0.1, 0.15) is 0 Å². The zero-order chi connectivity index (χ0) is 12.5. The van der Waals surface area contributed by atoms with E-state index in [4.69, 9.17) is 5.73 Å². The van der Waals surface area contributed by atoms with Gasteiger partial charge < -0.3 is 5.73 Å². The number of nitrogens with zero attached hydrogens (tertiary/aromatic N) is 3. The number of rotatable bonds is 2. The fourth-order valence-corrected chi connectivity index (χ4v) is 2.08. The molecule has 0 spiro atoms. The fraction of sp³-hybridized carbons (Fsp3) is 0.143. The minimum absolute atomic E-state index is 0.0725. The van der Waals surface area contributed by atoms with E-state index in [1.807, 2.05) is 54.2 Å². The van der Waals surface area contributed by atoms with Crippen LogP contribution in [0, 0.1) is 0 Å². The maximum Gasteiger partial charge on any atom is 0.158 e. The second-order valence-electron chi connectivity index (χ2n) is 4.32. The SMILES string of the molecule is C[C@H](N)c1cccnc1-n1ncc2ccccc21. The van der Waals surface area contributed by atoms with E-state index in [-0.39, 0.29) is 6.04 Å². The molecule has 0 amide bonds. The molecule has 18 heavy (non-hydrogen) atoms. The second-order valence-corrected chi connectivity index (χ2v) is 4.32. The molecule has 0 aliphatic rings. The maximum atomic E-state index is 5.98. The number of nitrogens with two attached hydrogens (primary N) is 1. The molecule has 2 heterocycles.